The molecule has 0 saturated heterocycles. The van der Waals surface area contributed by atoms with E-state index in [1.165, 1.54) is 12.0 Å². The molecule has 1 aliphatic carbocycles. The third kappa shape index (κ3) is 1.97. The first-order valence-electron chi connectivity index (χ1n) is 6.14. The molecule has 2 heterocycles. The Morgan fingerprint density at radius 2 is 2.33 bits per heavy atom. The quantitative estimate of drug-likeness (QED) is 0.889. The van der Waals surface area contributed by atoms with Gasteiger partial charge in [0, 0.05) is 24.8 Å². The number of aromatic nitrogens is 3. The predicted octanol–water partition coefficient (Wildman–Crippen LogP) is 1.55. The van der Waals surface area contributed by atoms with E-state index in [9.17, 15) is 0 Å². The fourth-order valence-corrected chi connectivity index (χ4v) is 2.30. The molecule has 0 radical (unpaired) electrons. The molecule has 2 aromatic heterocycles. The van der Waals surface area contributed by atoms with Crippen LogP contribution in [-0.2, 0) is 26.4 Å². The highest BCUT2D eigenvalue weighted by Crippen LogP contribution is 2.29. The normalized spacial score (nSPS) is 13.7. The summed E-state index contributed by atoms with van der Waals surface area (Å²) in [5.41, 5.74) is 9.18. The molecule has 2 N–H and O–H groups in total. The molecule has 0 amide bonds. The number of hydrogen-bond acceptors (Lipinski definition) is 4. The van der Waals surface area contributed by atoms with E-state index >= 15 is 0 Å². The topological polar surface area (TPSA) is 66.0 Å². The summed E-state index contributed by atoms with van der Waals surface area (Å²) in [6.07, 6.45) is 6.79. The van der Waals surface area contributed by atoms with Crippen LogP contribution in [-0.4, -0.2) is 14.8 Å². The van der Waals surface area contributed by atoms with Crippen molar-refractivity contribution < 1.29 is 4.74 Å². The van der Waals surface area contributed by atoms with E-state index in [2.05, 4.69) is 16.1 Å². The van der Waals surface area contributed by atoms with E-state index in [0.29, 0.717) is 18.2 Å². The van der Waals surface area contributed by atoms with Crippen molar-refractivity contribution in [1.82, 2.24) is 14.8 Å². The zero-order chi connectivity index (χ0) is 12.5. The molecule has 3 rings (SSSR count). The first-order chi connectivity index (χ1) is 8.76. The van der Waals surface area contributed by atoms with E-state index in [0.717, 1.165) is 24.1 Å². The van der Waals surface area contributed by atoms with E-state index in [-0.39, 0.29) is 0 Å². The summed E-state index contributed by atoms with van der Waals surface area (Å²) in [4.78, 5) is 4.59. The summed E-state index contributed by atoms with van der Waals surface area (Å²) in [7, 11) is 1.85. The number of rotatable bonds is 3. The zero-order valence-electron chi connectivity index (χ0n) is 10.4. The van der Waals surface area contributed by atoms with Gasteiger partial charge in [-0.15, -0.1) is 0 Å². The highest BCUT2D eigenvalue weighted by molar-refractivity contribution is 5.38. The van der Waals surface area contributed by atoms with Gasteiger partial charge >= 0.3 is 0 Å². The van der Waals surface area contributed by atoms with Crippen molar-refractivity contribution in [2.45, 2.75) is 25.8 Å². The van der Waals surface area contributed by atoms with Crippen LogP contribution in [0.3, 0.4) is 0 Å². The van der Waals surface area contributed by atoms with Gasteiger partial charge in [-0.05, 0) is 30.9 Å². The maximum Gasteiger partial charge on any atom is 0.224 e. The summed E-state index contributed by atoms with van der Waals surface area (Å²) in [6.45, 7) is 0.440. The molecule has 0 fully saturated rings. The van der Waals surface area contributed by atoms with Gasteiger partial charge < -0.3 is 10.5 Å². The fraction of sp³-hybridized carbons (Fsp3) is 0.385. The van der Waals surface area contributed by atoms with Crippen molar-refractivity contribution in [3.05, 3.63) is 35.3 Å². The molecule has 0 unspecified atom stereocenters. The Morgan fingerprint density at radius 3 is 3.06 bits per heavy atom. The second-order valence-corrected chi connectivity index (χ2v) is 4.57. The summed E-state index contributed by atoms with van der Waals surface area (Å²) in [6, 6.07) is 2.13. The van der Waals surface area contributed by atoms with Gasteiger partial charge in [0.1, 0.15) is 0 Å². The van der Waals surface area contributed by atoms with Crippen molar-refractivity contribution in [2.75, 3.05) is 0 Å². The van der Waals surface area contributed by atoms with E-state index in [1.807, 2.05) is 13.2 Å². The lowest BCUT2D eigenvalue weighted by molar-refractivity contribution is 0.454. The van der Waals surface area contributed by atoms with E-state index < -0.39 is 0 Å². The Morgan fingerprint density at radius 1 is 1.44 bits per heavy atom. The maximum absolute atomic E-state index is 5.77. The Bertz CT molecular complexity index is 576. The maximum atomic E-state index is 5.77. The summed E-state index contributed by atoms with van der Waals surface area (Å²) >= 11 is 0. The van der Waals surface area contributed by atoms with E-state index in [4.69, 9.17) is 10.5 Å². The molecule has 5 heteroatoms. The van der Waals surface area contributed by atoms with Gasteiger partial charge in [-0.1, -0.05) is 0 Å². The lowest BCUT2D eigenvalue weighted by Crippen LogP contribution is -2.04. The van der Waals surface area contributed by atoms with Gasteiger partial charge in [-0.2, -0.15) is 5.10 Å². The van der Waals surface area contributed by atoms with Gasteiger partial charge in [0.25, 0.3) is 0 Å². The first kappa shape index (κ1) is 11.2. The number of ether oxygens (including phenoxy) is 1. The summed E-state index contributed by atoms with van der Waals surface area (Å²) in [5.74, 6) is 1.31. The zero-order valence-corrected chi connectivity index (χ0v) is 10.4. The molecular formula is C13H16N4O. The summed E-state index contributed by atoms with van der Waals surface area (Å²) in [5, 5.41) is 4.07. The van der Waals surface area contributed by atoms with Crippen LogP contribution in [0, 0.1) is 0 Å². The second-order valence-electron chi connectivity index (χ2n) is 4.57. The molecule has 0 aromatic carbocycles. The number of nitrogens with zero attached hydrogens (tertiary/aromatic N) is 3. The molecule has 5 nitrogen and oxygen atoms in total. The molecule has 0 spiro atoms. The number of fused-ring (bicyclic) bond motifs is 1. The number of pyridine rings is 1. The lowest BCUT2D eigenvalue weighted by Gasteiger charge is -2.09. The number of aryl methyl sites for hydroxylation is 3. The monoisotopic (exact) mass is 244 g/mol. The Hall–Kier alpha value is -1.88. The average molecular weight is 244 g/mol. The van der Waals surface area contributed by atoms with Gasteiger partial charge in [0.2, 0.25) is 5.88 Å². The van der Waals surface area contributed by atoms with Gasteiger partial charge in [0.15, 0.2) is 5.75 Å². The average Bonchev–Trinajstić information content (AvgIpc) is 2.97. The molecule has 0 aliphatic heterocycles. The highest BCUT2D eigenvalue weighted by atomic mass is 16.5. The minimum atomic E-state index is 0.440. The predicted molar refractivity (Wildman–Crippen MR) is 67.4 cm³/mol. The summed E-state index contributed by atoms with van der Waals surface area (Å²) < 4.78 is 7.47. The van der Waals surface area contributed by atoms with Crippen LogP contribution < -0.4 is 10.5 Å². The number of nitrogens with two attached hydrogens (primary N) is 1. The molecule has 2 aromatic rings. The first-order valence-corrected chi connectivity index (χ1v) is 6.14. The van der Waals surface area contributed by atoms with Gasteiger partial charge in [0.05, 0.1) is 12.4 Å². The molecule has 1 aliphatic rings. The van der Waals surface area contributed by atoms with Crippen LogP contribution in [0.4, 0.5) is 0 Å². The Labute approximate surface area is 106 Å². The van der Waals surface area contributed by atoms with Crippen LogP contribution in [0.1, 0.15) is 23.2 Å². The van der Waals surface area contributed by atoms with Crippen molar-refractivity contribution in [1.29, 1.82) is 0 Å². The van der Waals surface area contributed by atoms with Crippen LogP contribution >= 0.6 is 0 Å². The van der Waals surface area contributed by atoms with Crippen LogP contribution in [0.15, 0.2) is 18.5 Å². The SMILES string of the molecule is Cn1cc(Oc2nc3c(cc2CN)CCC3)cn1. The van der Waals surface area contributed by atoms with Crippen molar-refractivity contribution in [2.24, 2.45) is 12.8 Å². The fourth-order valence-electron chi connectivity index (χ4n) is 2.30. The minimum absolute atomic E-state index is 0.440. The van der Waals surface area contributed by atoms with Gasteiger partial charge in [-0.3, -0.25) is 4.68 Å². The third-order valence-electron chi connectivity index (χ3n) is 3.21. The molecule has 94 valence electrons. The Balaban J connectivity index is 1.95. The molecular weight excluding hydrogens is 228 g/mol. The van der Waals surface area contributed by atoms with E-state index in [1.54, 1.807) is 10.9 Å². The number of hydrogen-bond donors (Lipinski definition) is 1. The van der Waals surface area contributed by atoms with Crippen molar-refractivity contribution in [3.63, 3.8) is 0 Å². The standard InChI is InChI=1S/C13H16N4O/c1-17-8-11(7-15-17)18-13-10(6-14)5-9-3-2-4-12(9)16-13/h5,7-8H,2-4,6,14H2,1H3. The van der Waals surface area contributed by atoms with Crippen LogP contribution in [0.25, 0.3) is 0 Å². The highest BCUT2D eigenvalue weighted by Gasteiger charge is 2.17. The molecule has 18 heavy (non-hydrogen) atoms. The van der Waals surface area contributed by atoms with Crippen LogP contribution in [0.2, 0.25) is 0 Å². The Kier molecular flexibility index (Phi) is 2.76. The largest absolute Gasteiger partial charge is 0.435 e. The van der Waals surface area contributed by atoms with Crippen molar-refractivity contribution in [3.8, 4) is 11.6 Å². The van der Waals surface area contributed by atoms with Gasteiger partial charge in [-0.25, -0.2) is 4.98 Å². The molecule has 0 saturated carbocycles. The van der Waals surface area contributed by atoms with Crippen molar-refractivity contribution >= 4 is 0 Å². The molecule has 0 bridgehead atoms. The minimum Gasteiger partial charge on any atom is -0.435 e. The smallest absolute Gasteiger partial charge is 0.224 e. The second kappa shape index (κ2) is 4.42. The third-order valence-corrected chi connectivity index (χ3v) is 3.21. The lowest BCUT2D eigenvalue weighted by atomic mass is 10.1. The van der Waals surface area contributed by atoms with Crippen LogP contribution in [0.5, 0.6) is 11.6 Å². The molecule has 0 atom stereocenters.